The van der Waals surface area contributed by atoms with E-state index in [0.717, 1.165) is 0 Å². The molecule has 0 amide bonds. The molecule has 3 rings (SSSR count). The van der Waals surface area contributed by atoms with Gasteiger partial charge in [-0.3, -0.25) is 14.3 Å². The highest BCUT2D eigenvalue weighted by Gasteiger charge is 2.63. The minimum atomic E-state index is -0.787. The molecule has 3 heterocycles. The molecule has 1 aromatic heterocycles. The summed E-state index contributed by atoms with van der Waals surface area (Å²) in [5, 5.41) is 9.61. The molecule has 5 atom stereocenters. The van der Waals surface area contributed by atoms with Crippen LogP contribution in [0.2, 0.25) is 0 Å². The van der Waals surface area contributed by atoms with E-state index in [1.807, 2.05) is 13.8 Å². The van der Waals surface area contributed by atoms with Gasteiger partial charge in [0, 0.05) is 18.2 Å². The van der Waals surface area contributed by atoms with Crippen LogP contribution in [0.1, 0.15) is 20.1 Å². The largest absolute Gasteiger partial charge is 0.393 e. The molecule has 2 saturated heterocycles. The van der Waals surface area contributed by atoms with Gasteiger partial charge in [-0.1, -0.05) is 6.92 Å². The van der Waals surface area contributed by atoms with E-state index < -0.39 is 23.1 Å². The number of aromatic amines is 1. The third kappa shape index (κ3) is 1.55. The number of hydrogen-bond acceptors (Lipinski definition) is 5. The Hall–Kier alpha value is -1.44. The predicted molar refractivity (Wildman–Crippen MR) is 64.8 cm³/mol. The van der Waals surface area contributed by atoms with Crippen molar-refractivity contribution in [2.75, 3.05) is 6.61 Å². The fourth-order valence-corrected chi connectivity index (χ4v) is 3.08. The lowest BCUT2D eigenvalue weighted by Crippen LogP contribution is -2.48. The summed E-state index contributed by atoms with van der Waals surface area (Å²) in [5.74, 6) is -0.0312. The zero-order valence-corrected chi connectivity index (χ0v) is 10.7. The van der Waals surface area contributed by atoms with Crippen LogP contribution in [0.4, 0.5) is 0 Å². The lowest BCUT2D eigenvalue weighted by molar-refractivity contribution is -0.217. The van der Waals surface area contributed by atoms with Crippen LogP contribution in [-0.2, 0) is 9.47 Å². The van der Waals surface area contributed by atoms with E-state index in [0.29, 0.717) is 0 Å². The Kier molecular flexibility index (Phi) is 2.67. The first-order chi connectivity index (χ1) is 8.99. The van der Waals surface area contributed by atoms with Crippen molar-refractivity contribution in [1.82, 2.24) is 9.55 Å². The number of H-pyrrole nitrogens is 1. The topological polar surface area (TPSA) is 93.6 Å². The second-order valence-electron chi connectivity index (χ2n) is 5.17. The third-order valence-corrected chi connectivity index (χ3v) is 4.31. The van der Waals surface area contributed by atoms with Crippen molar-refractivity contribution >= 4 is 0 Å². The molecule has 1 aromatic rings. The first-order valence-electron chi connectivity index (χ1n) is 6.25. The van der Waals surface area contributed by atoms with Crippen molar-refractivity contribution in [3.63, 3.8) is 0 Å². The Morgan fingerprint density at radius 2 is 2.21 bits per heavy atom. The van der Waals surface area contributed by atoms with Crippen molar-refractivity contribution in [2.24, 2.45) is 5.92 Å². The summed E-state index contributed by atoms with van der Waals surface area (Å²) in [6.07, 6.45) is 0.221. The molecule has 7 nitrogen and oxygen atoms in total. The van der Waals surface area contributed by atoms with Gasteiger partial charge in [-0.25, -0.2) is 4.79 Å². The van der Waals surface area contributed by atoms with E-state index in [-0.39, 0.29) is 24.7 Å². The van der Waals surface area contributed by atoms with E-state index in [1.165, 1.54) is 16.8 Å². The molecule has 104 valence electrons. The van der Waals surface area contributed by atoms with E-state index >= 15 is 0 Å². The molecule has 2 N–H and O–H groups in total. The SMILES string of the molecule is CC1O[C@@H]2[C@H](n3ccc(=O)[nH]c3=O)O[C@@]1(CO)[C@H]2C. The standard InChI is InChI=1S/C12H16N2O5/c1-6-9-10(14-4-3-8(16)13-11(14)17)19-12(6,5-15)7(2)18-9/h3-4,6-7,9-10,15H,5H2,1-2H3,(H,13,16,17)/t6-,7?,9-,10+,12-/m0/s1. The number of nitrogens with one attached hydrogen (secondary N) is 1. The van der Waals surface area contributed by atoms with Crippen molar-refractivity contribution in [3.8, 4) is 0 Å². The van der Waals surface area contributed by atoms with Crippen LogP contribution < -0.4 is 11.2 Å². The van der Waals surface area contributed by atoms with Gasteiger partial charge >= 0.3 is 5.69 Å². The number of aromatic nitrogens is 2. The number of rotatable bonds is 2. The predicted octanol–water partition coefficient (Wildman–Crippen LogP) is -0.780. The van der Waals surface area contributed by atoms with Crippen LogP contribution in [0.15, 0.2) is 21.9 Å². The normalized spacial score (nSPS) is 40.8. The number of nitrogens with zero attached hydrogens (tertiary/aromatic N) is 1. The molecule has 0 aliphatic carbocycles. The van der Waals surface area contributed by atoms with Crippen LogP contribution in [0, 0.1) is 5.92 Å². The lowest BCUT2D eigenvalue weighted by atomic mass is 9.87. The minimum Gasteiger partial charge on any atom is -0.393 e. The molecule has 0 radical (unpaired) electrons. The van der Waals surface area contributed by atoms with Gasteiger partial charge < -0.3 is 14.6 Å². The first kappa shape index (κ1) is 12.6. The van der Waals surface area contributed by atoms with E-state index in [4.69, 9.17) is 9.47 Å². The van der Waals surface area contributed by atoms with Crippen LogP contribution in [-0.4, -0.2) is 39.1 Å². The molecule has 2 fully saturated rings. The molecule has 0 spiro atoms. The summed E-state index contributed by atoms with van der Waals surface area (Å²) in [7, 11) is 0. The van der Waals surface area contributed by atoms with Crippen molar-refractivity contribution in [2.45, 2.75) is 37.9 Å². The maximum Gasteiger partial charge on any atom is 0.330 e. The number of fused-ring (bicyclic) bond motifs is 2. The molecule has 7 heteroatoms. The van der Waals surface area contributed by atoms with Crippen LogP contribution in [0.25, 0.3) is 0 Å². The molecule has 2 aliphatic heterocycles. The van der Waals surface area contributed by atoms with Crippen molar-refractivity contribution in [3.05, 3.63) is 33.1 Å². The van der Waals surface area contributed by atoms with Crippen molar-refractivity contribution in [1.29, 1.82) is 0 Å². The second-order valence-corrected chi connectivity index (χ2v) is 5.17. The zero-order chi connectivity index (χ0) is 13.8. The molecule has 2 bridgehead atoms. The average Bonchev–Trinajstić information content (AvgIpc) is 2.77. The number of hydrogen-bond donors (Lipinski definition) is 2. The summed E-state index contributed by atoms with van der Waals surface area (Å²) in [6.45, 7) is 3.61. The summed E-state index contributed by atoms with van der Waals surface area (Å²) >= 11 is 0. The monoisotopic (exact) mass is 268 g/mol. The third-order valence-electron chi connectivity index (χ3n) is 4.31. The summed E-state index contributed by atoms with van der Waals surface area (Å²) in [5.41, 5.74) is -1.78. The van der Waals surface area contributed by atoms with Crippen LogP contribution in [0.5, 0.6) is 0 Å². The van der Waals surface area contributed by atoms with Gasteiger partial charge in [0.1, 0.15) is 11.7 Å². The Bertz CT molecular complexity index is 609. The fourth-order valence-electron chi connectivity index (χ4n) is 3.08. The Morgan fingerprint density at radius 3 is 2.79 bits per heavy atom. The Balaban J connectivity index is 2.02. The Labute approximate surface area is 108 Å². The van der Waals surface area contributed by atoms with E-state index in [9.17, 15) is 14.7 Å². The average molecular weight is 268 g/mol. The number of aliphatic hydroxyl groups is 1. The van der Waals surface area contributed by atoms with Crippen LogP contribution in [0.3, 0.4) is 0 Å². The number of ether oxygens (including phenoxy) is 2. The number of aliphatic hydroxyl groups excluding tert-OH is 1. The zero-order valence-electron chi connectivity index (χ0n) is 10.7. The fraction of sp³-hybridized carbons (Fsp3) is 0.667. The molecular formula is C12H16N2O5. The maximum absolute atomic E-state index is 11.8. The first-order valence-corrected chi connectivity index (χ1v) is 6.25. The highest BCUT2D eigenvalue weighted by Crippen LogP contribution is 2.51. The highest BCUT2D eigenvalue weighted by molar-refractivity contribution is 5.08. The summed E-state index contributed by atoms with van der Waals surface area (Å²) < 4.78 is 13.0. The highest BCUT2D eigenvalue weighted by atomic mass is 16.6. The van der Waals surface area contributed by atoms with Crippen LogP contribution >= 0.6 is 0 Å². The van der Waals surface area contributed by atoms with Gasteiger partial charge in [0.05, 0.1) is 12.7 Å². The van der Waals surface area contributed by atoms with Gasteiger partial charge in [0.25, 0.3) is 5.56 Å². The summed E-state index contributed by atoms with van der Waals surface area (Å²) in [4.78, 5) is 25.1. The van der Waals surface area contributed by atoms with Gasteiger partial charge in [0.15, 0.2) is 6.23 Å². The van der Waals surface area contributed by atoms with E-state index in [1.54, 1.807) is 0 Å². The second kappa shape index (κ2) is 4.03. The van der Waals surface area contributed by atoms with Crippen molar-refractivity contribution < 1.29 is 14.6 Å². The maximum atomic E-state index is 11.8. The van der Waals surface area contributed by atoms with Gasteiger partial charge in [-0.2, -0.15) is 0 Å². The summed E-state index contributed by atoms with van der Waals surface area (Å²) in [6, 6.07) is 1.26. The molecule has 19 heavy (non-hydrogen) atoms. The lowest BCUT2D eigenvalue weighted by Gasteiger charge is -2.35. The molecular weight excluding hydrogens is 252 g/mol. The quantitative estimate of drug-likeness (QED) is 0.734. The van der Waals surface area contributed by atoms with E-state index in [2.05, 4.69) is 4.98 Å². The van der Waals surface area contributed by atoms with Gasteiger partial charge in [0.2, 0.25) is 0 Å². The smallest absolute Gasteiger partial charge is 0.330 e. The molecule has 2 aliphatic rings. The minimum absolute atomic E-state index is 0.0312. The Morgan fingerprint density at radius 1 is 1.47 bits per heavy atom. The van der Waals surface area contributed by atoms with Gasteiger partial charge in [-0.05, 0) is 6.92 Å². The van der Waals surface area contributed by atoms with Gasteiger partial charge in [-0.15, -0.1) is 0 Å². The molecule has 1 unspecified atom stereocenters. The molecule has 0 aromatic carbocycles. The molecule has 0 saturated carbocycles.